The fraction of sp³-hybridized carbons (Fsp3) is 0.0769. The van der Waals surface area contributed by atoms with Crippen molar-refractivity contribution in [3.8, 4) is 0 Å². The van der Waals surface area contributed by atoms with E-state index in [1.54, 1.807) is 18.2 Å². The van der Waals surface area contributed by atoms with E-state index in [9.17, 15) is 4.39 Å². The number of benzene rings is 2. The van der Waals surface area contributed by atoms with E-state index < -0.39 is 0 Å². The van der Waals surface area contributed by atoms with Gasteiger partial charge in [-0.2, -0.15) is 0 Å². The smallest absolute Gasteiger partial charge is 0.129 e. The summed E-state index contributed by atoms with van der Waals surface area (Å²) in [6.07, 6.45) is 0. The zero-order chi connectivity index (χ0) is 13.3. The van der Waals surface area contributed by atoms with Crippen molar-refractivity contribution in [2.24, 2.45) is 0 Å². The minimum Gasteiger partial charge on any atom is -0.207 e. The molecule has 2 aromatic rings. The van der Waals surface area contributed by atoms with Gasteiger partial charge in [-0.05, 0) is 45.8 Å². The predicted molar refractivity (Wildman–Crippen MR) is 81.3 cm³/mol. The van der Waals surface area contributed by atoms with E-state index in [1.165, 1.54) is 6.07 Å². The van der Waals surface area contributed by atoms with Crippen molar-refractivity contribution in [3.63, 3.8) is 0 Å². The lowest BCUT2D eigenvalue weighted by Gasteiger charge is -2.13. The van der Waals surface area contributed by atoms with Gasteiger partial charge >= 0.3 is 0 Å². The van der Waals surface area contributed by atoms with E-state index in [0.29, 0.717) is 20.1 Å². The van der Waals surface area contributed by atoms with Crippen molar-refractivity contribution < 1.29 is 4.39 Å². The van der Waals surface area contributed by atoms with Crippen LogP contribution in [-0.4, -0.2) is 0 Å². The van der Waals surface area contributed by atoms with Crippen molar-refractivity contribution in [3.05, 3.63) is 67.9 Å². The summed E-state index contributed by atoms with van der Waals surface area (Å²) in [5.41, 5.74) is 1.35. The van der Waals surface area contributed by atoms with E-state index in [4.69, 9.17) is 23.2 Å². The van der Waals surface area contributed by atoms with Crippen LogP contribution in [0.15, 0.2) is 40.9 Å². The van der Waals surface area contributed by atoms with Gasteiger partial charge in [0.15, 0.2) is 0 Å². The highest BCUT2D eigenvalue weighted by Gasteiger charge is 2.17. The Balaban J connectivity index is 2.46. The molecule has 0 saturated heterocycles. The van der Waals surface area contributed by atoms with Gasteiger partial charge in [-0.15, -0.1) is 0 Å². The van der Waals surface area contributed by atoms with Crippen LogP contribution in [0, 0.1) is 5.82 Å². The Kier molecular flexibility index (Phi) is 4.70. The second-order valence-electron chi connectivity index (χ2n) is 3.71. The molecule has 1 atom stereocenters. The van der Waals surface area contributed by atoms with Crippen LogP contribution in [0.1, 0.15) is 16.0 Å². The van der Waals surface area contributed by atoms with Crippen molar-refractivity contribution in [1.82, 2.24) is 0 Å². The SMILES string of the molecule is Fc1cc(Br)c(Cl)cc1C(Br)c1cccc(Cl)c1. The van der Waals surface area contributed by atoms with Gasteiger partial charge in [0, 0.05) is 15.1 Å². The maximum atomic E-state index is 13.9. The molecule has 0 radical (unpaired) electrons. The Hall–Kier alpha value is -0.0900. The van der Waals surface area contributed by atoms with E-state index in [1.807, 2.05) is 12.1 Å². The molecule has 2 rings (SSSR count). The fourth-order valence-electron chi connectivity index (χ4n) is 1.58. The molecule has 0 amide bonds. The van der Waals surface area contributed by atoms with Gasteiger partial charge in [0.25, 0.3) is 0 Å². The molecule has 0 nitrogen and oxygen atoms in total. The van der Waals surface area contributed by atoms with Crippen molar-refractivity contribution in [2.45, 2.75) is 4.83 Å². The third-order valence-electron chi connectivity index (χ3n) is 2.45. The second-order valence-corrected chi connectivity index (χ2v) is 6.32. The fourth-order valence-corrected chi connectivity index (χ4v) is 2.90. The second kappa shape index (κ2) is 5.91. The summed E-state index contributed by atoms with van der Waals surface area (Å²) in [4.78, 5) is -0.290. The van der Waals surface area contributed by atoms with Gasteiger partial charge in [0.2, 0.25) is 0 Å². The Labute approximate surface area is 131 Å². The molecule has 0 bridgehead atoms. The first-order valence-electron chi connectivity index (χ1n) is 5.03. The molecule has 94 valence electrons. The van der Waals surface area contributed by atoms with Crippen LogP contribution in [0.4, 0.5) is 4.39 Å². The summed E-state index contributed by atoms with van der Waals surface area (Å²) in [7, 11) is 0. The molecule has 2 aromatic carbocycles. The highest BCUT2D eigenvalue weighted by Crippen LogP contribution is 2.37. The summed E-state index contributed by atoms with van der Waals surface area (Å²) < 4.78 is 14.5. The average Bonchev–Trinajstić information content (AvgIpc) is 2.33. The molecule has 0 aliphatic heterocycles. The van der Waals surface area contributed by atoms with Crippen molar-refractivity contribution in [1.29, 1.82) is 0 Å². The van der Waals surface area contributed by atoms with Crippen LogP contribution < -0.4 is 0 Å². The average molecular weight is 413 g/mol. The van der Waals surface area contributed by atoms with Gasteiger partial charge in [-0.3, -0.25) is 0 Å². The van der Waals surface area contributed by atoms with Gasteiger partial charge < -0.3 is 0 Å². The van der Waals surface area contributed by atoms with Crippen LogP contribution in [0.25, 0.3) is 0 Å². The summed E-state index contributed by atoms with van der Waals surface area (Å²) in [6, 6.07) is 10.2. The van der Waals surface area contributed by atoms with E-state index in [-0.39, 0.29) is 10.6 Å². The molecular formula is C13H7Br2Cl2F. The first-order valence-corrected chi connectivity index (χ1v) is 7.49. The lowest BCUT2D eigenvalue weighted by Crippen LogP contribution is -1.97. The monoisotopic (exact) mass is 410 g/mol. The first kappa shape index (κ1) is 14.3. The normalized spacial score (nSPS) is 12.5. The number of hydrogen-bond acceptors (Lipinski definition) is 0. The van der Waals surface area contributed by atoms with Crippen LogP contribution in [0.5, 0.6) is 0 Å². The van der Waals surface area contributed by atoms with Crippen LogP contribution in [0.2, 0.25) is 10.0 Å². The Morgan fingerprint density at radius 3 is 2.50 bits per heavy atom. The molecule has 0 N–H and O–H groups in total. The molecule has 0 aliphatic carbocycles. The molecule has 0 fully saturated rings. The number of rotatable bonds is 2. The Bertz CT molecular complexity index is 587. The molecule has 0 aromatic heterocycles. The molecular weight excluding hydrogens is 406 g/mol. The summed E-state index contributed by atoms with van der Waals surface area (Å²) in [5, 5.41) is 1.08. The topological polar surface area (TPSA) is 0 Å². The third kappa shape index (κ3) is 3.08. The van der Waals surface area contributed by atoms with Gasteiger partial charge in [-0.25, -0.2) is 4.39 Å². The summed E-state index contributed by atoms with van der Waals surface area (Å²) >= 11 is 18.6. The summed E-state index contributed by atoms with van der Waals surface area (Å²) in [5.74, 6) is -0.326. The molecule has 0 heterocycles. The van der Waals surface area contributed by atoms with Crippen LogP contribution in [-0.2, 0) is 0 Å². The van der Waals surface area contributed by atoms with Gasteiger partial charge in [0.1, 0.15) is 5.82 Å². The third-order valence-corrected chi connectivity index (χ3v) is 4.91. The minimum absolute atomic E-state index is 0.290. The molecule has 0 saturated carbocycles. The number of alkyl halides is 1. The first-order chi connectivity index (χ1) is 8.49. The lowest BCUT2D eigenvalue weighted by molar-refractivity contribution is 0.612. The highest BCUT2D eigenvalue weighted by atomic mass is 79.9. The molecule has 0 aliphatic rings. The zero-order valence-electron chi connectivity index (χ0n) is 8.93. The summed E-state index contributed by atoms with van der Waals surface area (Å²) in [6.45, 7) is 0. The van der Waals surface area contributed by atoms with Gasteiger partial charge in [0.05, 0.1) is 9.85 Å². The largest absolute Gasteiger partial charge is 0.207 e. The van der Waals surface area contributed by atoms with Crippen molar-refractivity contribution >= 4 is 55.1 Å². The van der Waals surface area contributed by atoms with Gasteiger partial charge in [-0.1, -0.05) is 51.3 Å². The number of hydrogen-bond donors (Lipinski definition) is 0. The molecule has 18 heavy (non-hydrogen) atoms. The molecule has 5 heteroatoms. The minimum atomic E-state index is -0.326. The van der Waals surface area contributed by atoms with Crippen molar-refractivity contribution in [2.75, 3.05) is 0 Å². The lowest BCUT2D eigenvalue weighted by atomic mass is 10.0. The predicted octanol–water partition coefficient (Wildman–Crippen LogP) is 6.38. The maximum Gasteiger partial charge on any atom is 0.129 e. The zero-order valence-corrected chi connectivity index (χ0v) is 13.6. The number of halogens is 5. The maximum absolute atomic E-state index is 13.9. The van der Waals surface area contributed by atoms with Crippen LogP contribution in [0.3, 0.4) is 0 Å². The molecule has 1 unspecified atom stereocenters. The Morgan fingerprint density at radius 1 is 1.11 bits per heavy atom. The quantitative estimate of drug-likeness (QED) is 0.396. The van der Waals surface area contributed by atoms with Crippen LogP contribution >= 0.6 is 55.1 Å². The van der Waals surface area contributed by atoms with E-state index >= 15 is 0 Å². The molecule has 0 spiro atoms. The Morgan fingerprint density at radius 2 is 1.83 bits per heavy atom. The van der Waals surface area contributed by atoms with E-state index in [2.05, 4.69) is 31.9 Å². The van der Waals surface area contributed by atoms with E-state index in [0.717, 1.165) is 5.56 Å². The standard InChI is InChI=1S/C13H7Br2Cl2F/c14-10-6-12(18)9(5-11(10)17)13(15)7-2-1-3-8(16)4-7/h1-6,13H. The highest BCUT2D eigenvalue weighted by molar-refractivity contribution is 9.10.